The maximum Gasteiger partial charge on any atom is 0.136 e. The van der Waals surface area contributed by atoms with Crippen molar-refractivity contribution in [1.82, 2.24) is 0 Å². The number of hydrogen-bond donors (Lipinski definition) is 2. The summed E-state index contributed by atoms with van der Waals surface area (Å²) in [6.07, 6.45) is 6.23. The van der Waals surface area contributed by atoms with Crippen molar-refractivity contribution in [3.8, 4) is 0 Å². The van der Waals surface area contributed by atoms with Crippen molar-refractivity contribution in [2.45, 2.75) is 84.3 Å². The zero-order valence-corrected chi connectivity index (χ0v) is 15.7. The standard InChI is InChI=1S/C21H34O3/c1-12-10-19(2)13(9-16(12)22)5-6-14-15-7-8-21(4,24)20(15,3)11-17(23)18(14)19/h12-15,17-18,23-24H,5-11H2,1-4H3. The van der Waals surface area contributed by atoms with E-state index >= 15 is 0 Å². The lowest BCUT2D eigenvalue weighted by Gasteiger charge is -2.62. The number of fused-ring (bicyclic) bond motifs is 5. The number of aliphatic hydroxyl groups is 2. The fourth-order valence-electron chi connectivity index (χ4n) is 7.76. The molecule has 0 amide bonds. The van der Waals surface area contributed by atoms with Gasteiger partial charge in [0.1, 0.15) is 5.78 Å². The molecule has 24 heavy (non-hydrogen) atoms. The summed E-state index contributed by atoms with van der Waals surface area (Å²) in [4.78, 5) is 12.3. The molecular formula is C21H34O3. The first-order chi connectivity index (χ1) is 11.1. The Kier molecular flexibility index (Phi) is 3.59. The van der Waals surface area contributed by atoms with E-state index in [4.69, 9.17) is 0 Å². The van der Waals surface area contributed by atoms with E-state index in [0.29, 0.717) is 35.9 Å². The zero-order valence-electron chi connectivity index (χ0n) is 15.7. The van der Waals surface area contributed by atoms with E-state index in [1.807, 2.05) is 6.92 Å². The molecule has 4 rings (SSSR count). The monoisotopic (exact) mass is 334 g/mol. The van der Waals surface area contributed by atoms with Gasteiger partial charge in [0.05, 0.1) is 11.7 Å². The molecule has 4 aliphatic rings. The van der Waals surface area contributed by atoms with Crippen LogP contribution in [0.4, 0.5) is 0 Å². The van der Waals surface area contributed by atoms with Crippen molar-refractivity contribution >= 4 is 5.78 Å². The molecule has 136 valence electrons. The van der Waals surface area contributed by atoms with Crippen LogP contribution in [0.3, 0.4) is 0 Å². The molecule has 0 saturated heterocycles. The van der Waals surface area contributed by atoms with Gasteiger partial charge in [-0.3, -0.25) is 4.79 Å². The van der Waals surface area contributed by atoms with Crippen LogP contribution in [0, 0.1) is 40.4 Å². The van der Waals surface area contributed by atoms with Crippen LogP contribution in [0.25, 0.3) is 0 Å². The number of carbonyl (C=O) groups is 1. The lowest BCUT2D eigenvalue weighted by atomic mass is 9.43. The second kappa shape index (κ2) is 5.07. The van der Waals surface area contributed by atoms with Crippen LogP contribution in [-0.2, 0) is 4.79 Å². The van der Waals surface area contributed by atoms with Gasteiger partial charge in [-0.1, -0.05) is 20.8 Å². The molecule has 3 nitrogen and oxygen atoms in total. The maximum absolute atomic E-state index is 12.3. The van der Waals surface area contributed by atoms with Crippen LogP contribution in [-0.4, -0.2) is 27.7 Å². The molecule has 0 aliphatic heterocycles. The molecule has 0 bridgehead atoms. The lowest BCUT2D eigenvalue weighted by molar-refractivity contribution is -0.196. The second-order valence-electron chi connectivity index (χ2n) is 10.4. The lowest BCUT2D eigenvalue weighted by Crippen LogP contribution is -2.61. The minimum absolute atomic E-state index is 0.0887. The van der Waals surface area contributed by atoms with E-state index in [9.17, 15) is 15.0 Å². The quantitative estimate of drug-likeness (QED) is 0.712. The minimum atomic E-state index is -0.656. The first-order valence-electron chi connectivity index (χ1n) is 10.0. The molecule has 0 spiro atoms. The van der Waals surface area contributed by atoms with Gasteiger partial charge in [0, 0.05) is 17.8 Å². The van der Waals surface area contributed by atoms with Crippen LogP contribution in [0.5, 0.6) is 0 Å². The van der Waals surface area contributed by atoms with Gasteiger partial charge in [-0.25, -0.2) is 0 Å². The highest BCUT2D eigenvalue weighted by atomic mass is 16.3. The maximum atomic E-state index is 12.3. The van der Waals surface area contributed by atoms with Crippen molar-refractivity contribution in [3.63, 3.8) is 0 Å². The third-order valence-electron chi connectivity index (χ3n) is 9.30. The van der Waals surface area contributed by atoms with Crippen LogP contribution < -0.4 is 0 Å². The van der Waals surface area contributed by atoms with Crippen molar-refractivity contribution < 1.29 is 15.0 Å². The van der Waals surface area contributed by atoms with Crippen molar-refractivity contribution in [2.24, 2.45) is 40.4 Å². The van der Waals surface area contributed by atoms with E-state index in [0.717, 1.165) is 38.5 Å². The molecule has 3 heteroatoms. The highest BCUT2D eigenvalue weighted by Gasteiger charge is 2.66. The zero-order chi connectivity index (χ0) is 17.5. The molecule has 0 radical (unpaired) electrons. The van der Waals surface area contributed by atoms with Gasteiger partial charge in [0.25, 0.3) is 0 Å². The molecule has 4 aliphatic carbocycles. The van der Waals surface area contributed by atoms with Gasteiger partial charge < -0.3 is 10.2 Å². The van der Waals surface area contributed by atoms with Gasteiger partial charge in [-0.05, 0) is 74.5 Å². The number of hydrogen-bond acceptors (Lipinski definition) is 3. The molecule has 4 saturated carbocycles. The number of carbonyl (C=O) groups excluding carboxylic acids is 1. The second-order valence-corrected chi connectivity index (χ2v) is 10.4. The fourth-order valence-corrected chi connectivity index (χ4v) is 7.76. The molecule has 4 fully saturated rings. The highest BCUT2D eigenvalue weighted by Crippen LogP contribution is 2.68. The summed E-state index contributed by atoms with van der Waals surface area (Å²) in [5, 5.41) is 22.2. The molecule has 0 aromatic rings. The van der Waals surface area contributed by atoms with Gasteiger partial charge in [0.2, 0.25) is 0 Å². The average molecular weight is 335 g/mol. The predicted octanol–water partition coefficient (Wildman–Crippen LogP) is 3.57. The van der Waals surface area contributed by atoms with E-state index in [1.165, 1.54) is 0 Å². The molecule has 0 heterocycles. The molecule has 9 atom stereocenters. The molecule has 0 aromatic carbocycles. The Morgan fingerprint density at radius 2 is 1.79 bits per heavy atom. The van der Waals surface area contributed by atoms with Crippen molar-refractivity contribution in [3.05, 3.63) is 0 Å². The Labute approximate surface area is 146 Å². The summed E-state index contributed by atoms with van der Waals surface area (Å²) in [6, 6.07) is 0. The normalized spacial score (nSPS) is 60.3. The summed E-state index contributed by atoms with van der Waals surface area (Å²) in [5.41, 5.74) is -0.727. The summed E-state index contributed by atoms with van der Waals surface area (Å²) < 4.78 is 0. The SMILES string of the molecule is CC1CC2(C)C(CCC3C2C(O)CC2(C)C3CCC2(C)O)CC1=O. The minimum Gasteiger partial charge on any atom is -0.393 e. The van der Waals surface area contributed by atoms with Gasteiger partial charge >= 0.3 is 0 Å². The van der Waals surface area contributed by atoms with Crippen LogP contribution in [0.2, 0.25) is 0 Å². The van der Waals surface area contributed by atoms with Crippen LogP contribution >= 0.6 is 0 Å². The first-order valence-corrected chi connectivity index (χ1v) is 10.0. The molecule has 0 aromatic heterocycles. The Bertz CT molecular complexity index is 555. The Hall–Kier alpha value is -0.410. The predicted molar refractivity (Wildman–Crippen MR) is 93.3 cm³/mol. The van der Waals surface area contributed by atoms with Gasteiger partial charge in [0.15, 0.2) is 0 Å². The molecular weight excluding hydrogens is 300 g/mol. The summed E-state index contributed by atoms with van der Waals surface area (Å²) in [5.74, 6) is 2.34. The van der Waals surface area contributed by atoms with Crippen molar-refractivity contribution in [1.29, 1.82) is 0 Å². The molecule has 9 unspecified atom stereocenters. The third kappa shape index (κ3) is 2.00. The largest absolute Gasteiger partial charge is 0.393 e. The van der Waals surface area contributed by atoms with Gasteiger partial charge in [-0.2, -0.15) is 0 Å². The smallest absolute Gasteiger partial charge is 0.136 e. The van der Waals surface area contributed by atoms with E-state index in [1.54, 1.807) is 0 Å². The van der Waals surface area contributed by atoms with E-state index < -0.39 is 5.60 Å². The number of Topliss-reactive ketones (excluding diaryl/α,β-unsaturated/α-hetero) is 1. The number of aliphatic hydroxyl groups excluding tert-OH is 1. The third-order valence-corrected chi connectivity index (χ3v) is 9.30. The Morgan fingerprint density at radius 1 is 1.08 bits per heavy atom. The Morgan fingerprint density at radius 3 is 2.50 bits per heavy atom. The topological polar surface area (TPSA) is 57.5 Å². The fraction of sp³-hybridized carbons (Fsp3) is 0.952. The van der Waals surface area contributed by atoms with Crippen molar-refractivity contribution in [2.75, 3.05) is 0 Å². The van der Waals surface area contributed by atoms with Gasteiger partial charge in [-0.15, -0.1) is 0 Å². The number of ketones is 1. The molecule has 2 N–H and O–H groups in total. The Balaban J connectivity index is 1.71. The van der Waals surface area contributed by atoms with Crippen LogP contribution in [0.15, 0.2) is 0 Å². The summed E-state index contributed by atoms with van der Waals surface area (Å²) in [7, 11) is 0. The number of rotatable bonds is 0. The van der Waals surface area contributed by atoms with E-state index in [-0.39, 0.29) is 22.9 Å². The summed E-state index contributed by atoms with van der Waals surface area (Å²) >= 11 is 0. The average Bonchev–Trinajstić information content (AvgIpc) is 2.70. The first kappa shape index (κ1) is 17.0. The van der Waals surface area contributed by atoms with Crippen LogP contribution in [0.1, 0.15) is 72.6 Å². The summed E-state index contributed by atoms with van der Waals surface area (Å²) in [6.45, 7) is 8.63. The van der Waals surface area contributed by atoms with E-state index in [2.05, 4.69) is 20.8 Å². The highest BCUT2D eigenvalue weighted by molar-refractivity contribution is 5.82.